The van der Waals surface area contributed by atoms with Gasteiger partial charge in [0.25, 0.3) is 5.91 Å². The van der Waals surface area contributed by atoms with Gasteiger partial charge in [-0.1, -0.05) is 0 Å². The number of nitrogens with one attached hydrogen (secondary N) is 2. The Balaban J connectivity index is 2.40. The number of ether oxygens (including phenoxy) is 3. The molecule has 2 N–H and O–H groups in total. The van der Waals surface area contributed by atoms with E-state index in [0.29, 0.717) is 35.3 Å². The Morgan fingerprint density at radius 2 is 1.76 bits per heavy atom. The van der Waals surface area contributed by atoms with Crippen molar-refractivity contribution < 1.29 is 19.0 Å². The van der Waals surface area contributed by atoms with Crippen LogP contribution in [0.25, 0.3) is 0 Å². The van der Waals surface area contributed by atoms with Crippen molar-refractivity contribution in [1.29, 1.82) is 0 Å². The highest BCUT2D eigenvalue weighted by molar-refractivity contribution is 6.06. The first-order valence-electron chi connectivity index (χ1n) is 6.56. The van der Waals surface area contributed by atoms with Gasteiger partial charge in [0.2, 0.25) is 5.75 Å². The maximum atomic E-state index is 12.0. The van der Waals surface area contributed by atoms with Crippen LogP contribution in [0.4, 0.5) is 0 Å². The molecular formula is C14H19N3O4. The number of benzene rings is 1. The molecule has 114 valence electrons. The zero-order valence-corrected chi connectivity index (χ0v) is 12.5. The zero-order valence-electron chi connectivity index (χ0n) is 12.5. The molecule has 1 aliphatic rings. The van der Waals surface area contributed by atoms with Gasteiger partial charge >= 0.3 is 0 Å². The molecule has 0 radical (unpaired) electrons. The molecule has 7 nitrogen and oxygen atoms in total. The second kappa shape index (κ2) is 6.34. The molecule has 2 rings (SSSR count). The molecule has 1 unspecified atom stereocenters. The minimum absolute atomic E-state index is 0.170. The smallest absolute Gasteiger partial charge is 0.253 e. The first-order chi connectivity index (χ1) is 10.1. The Morgan fingerprint density at radius 3 is 2.24 bits per heavy atom. The third kappa shape index (κ3) is 2.86. The van der Waals surface area contributed by atoms with Gasteiger partial charge in [-0.2, -0.15) is 0 Å². The molecule has 7 heteroatoms. The number of methoxy groups -OCH3 is 3. The fraction of sp³-hybridized carbons (Fsp3) is 0.429. The van der Waals surface area contributed by atoms with E-state index < -0.39 is 6.04 Å². The quantitative estimate of drug-likeness (QED) is 0.841. The van der Waals surface area contributed by atoms with Gasteiger partial charge in [0.1, 0.15) is 6.04 Å². The molecule has 1 saturated heterocycles. The lowest BCUT2D eigenvalue weighted by Crippen LogP contribution is -2.25. The molecule has 0 saturated carbocycles. The van der Waals surface area contributed by atoms with Crippen LogP contribution in [0, 0.1) is 0 Å². The van der Waals surface area contributed by atoms with Crippen molar-refractivity contribution in [3.05, 3.63) is 17.7 Å². The van der Waals surface area contributed by atoms with Crippen LogP contribution in [0.15, 0.2) is 17.1 Å². The molecule has 1 heterocycles. The molecule has 1 aromatic carbocycles. The zero-order chi connectivity index (χ0) is 15.4. The van der Waals surface area contributed by atoms with Crippen molar-refractivity contribution in [2.24, 2.45) is 4.99 Å². The van der Waals surface area contributed by atoms with Crippen molar-refractivity contribution in [2.75, 3.05) is 27.9 Å². The number of hydrogen-bond acceptors (Lipinski definition) is 5. The lowest BCUT2D eigenvalue weighted by atomic mass is 10.1. The van der Waals surface area contributed by atoms with Crippen LogP contribution in [0.2, 0.25) is 0 Å². The summed E-state index contributed by atoms with van der Waals surface area (Å²) in [5, 5.41) is 5.73. The van der Waals surface area contributed by atoms with Crippen molar-refractivity contribution in [3.8, 4) is 17.2 Å². The summed E-state index contributed by atoms with van der Waals surface area (Å²) < 4.78 is 15.9. The Kier molecular flexibility index (Phi) is 4.52. The highest BCUT2D eigenvalue weighted by Gasteiger charge is 2.31. The minimum atomic E-state index is -0.538. The molecular weight excluding hydrogens is 274 g/mol. The number of guanidine groups is 1. The molecule has 0 bridgehead atoms. The first-order valence-corrected chi connectivity index (χ1v) is 6.56. The van der Waals surface area contributed by atoms with E-state index >= 15 is 0 Å². The Labute approximate surface area is 123 Å². The van der Waals surface area contributed by atoms with Gasteiger partial charge in [0.05, 0.1) is 21.3 Å². The number of rotatable bonds is 5. The van der Waals surface area contributed by atoms with Gasteiger partial charge in [0.15, 0.2) is 17.5 Å². The average molecular weight is 293 g/mol. The van der Waals surface area contributed by atoms with Crippen LogP contribution >= 0.6 is 0 Å². The monoisotopic (exact) mass is 293 g/mol. The van der Waals surface area contributed by atoms with Gasteiger partial charge in [-0.05, 0) is 24.6 Å². The van der Waals surface area contributed by atoms with Crippen LogP contribution in [0.1, 0.15) is 18.5 Å². The molecule has 1 fully saturated rings. The highest BCUT2D eigenvalue weighted by Crippen LogP contribution is 2.40. The number of nitrogens with zero attached hydrogens (tertiary/aromatic N) is 1. The van der Waals surface area contributed by atoms with Gasteiger partial charge < -0.3 is 19.5 Å². The van der Waals surface area contributed by atoms with E-state index in [1.54, 1.807) is 12.1 Å². The lowest BCUT2D eigenvalue weighted by Gasteiger charge is -2.16. The Hall–Kier alpha value is -2.44. The average Bonchev–Trinajstić information content (AvgIpc) is 2.86. The van der Waals surface area contributed by atoms with E-state index in [1.165, 1.54) is 21.3 Å². The maximum absolute atomic E-state index is 12.0. The molecule has 1 atom stereocenters. The molecule has 0 aliphatic carbocycles. The summed E-state index contributed by atoms with van der Waals surface area (Å²) in [7, 11) is 4.60. The van der Waals surface area contributed by atoms with Crippen LogP contribution in [-0.2, 0) is 4.79 Å². The van der Waals surface area contributed by atoms with Crippen LogP contribution in [0.5, 0.6) is 17.2 Å². The van der Waals surface area contributed by atoms with Crippen molar-refractivity contribution in [2.45, 2.75) is 13.0 Å². The van der Waals surface area contributed by atoms with Crippen molar-refractivity contribution in [1.82, 2.24) is 10.6 Å². The summed E-state index contributed by atoms with van der Waals surface area (Å²) in [4.78, 5) is 16.2. The second-order valence-corrected chi connectivity index (χ2v) is 4.35. The van der Waals surface area contributed by atoms with Crippen molar-refractivity contribution in [3.63, 3.8) is 0 Å². The van der Waals surface area contributed by atoms with Crippen LogP contribution in [0.3, 0.4) is 0 Å². The number of carbonyl (C=O) groups is 1. The van der Waals surface area contributed by atoms with Gasteiger partial charge in [-0.25, -0.2) is 0 Å². The maximum Gasteiger partial charge on any atom is 0.253 e. The van der Waals surface area contributed by atoms with E-state index in [-0.39, 0.29) is 5.91 Å². The number of hydrogen-bond donors (Lipinski definition) is 2. The Bertz CT molecular complexity index is 546. The molecule has 0 aromatic heterocycles. The number of amides is 1. The minimum Gasteiger partial charge on any atom is -0.493 e. The van der Waals surface area contributed by atoms with Gasteiger partial charge in [0, 0.05) is 6.54 Å². The van der Waals surface area contributed by atoms with E-state index in [4.69, 9.17) is 14.2 Å². The summed E-state index contributed by atoms with van der Waals surface area (Å²) in [6.45, 7) is 2.48. The van der Waals surface area contributed by atoms with Gasteiger partial charge in [-0.15, -0.1) is 0 Å². The number of carbonyl (C=O) groups excluding carboxylic acids is 1. The van der Waals surface area contributed by atoms with Gasteiger partial charge in [-0.3, -0.25) is 15.1 Å². The largest absolute Gasteiger partial charge is 0.493 e. The normalized spacial score (nSPS) is 19.1. The third-order valence-electron chi connectivity index (χ3n) is 3.12. The summed E-state index contributed by atoms with van der Waals surface area (Å²) in [5.41, 5.74) is 0.711. The first kappa shape index (κ1) is 15.0. The predicted octanol–water partition coefficient (Wildman–Crippen LogP) is 0.849. The fourth-order valence-electron chi connectivity index (χ4n) is 2.17. The van der Waals surface area contributed by atoms with E-state index in [2.05, 4.69) is 15.6 Å². The summed E-state index contributed by atoms with van der Waals surface area (Å²) in [6, 6.07) is 2.95. The summed E-state index contributed by atoms with van der Waals surface area (Å²) in [5.74, 6) is 1.80. The van der Waals surface area contributed by atoms with E-state index in [9.17, 15) is 4.79 Å². The standard InChI is InChI=1S/C14H19N3O4/c1-5-15-14-16-11(13(18)17-14)8-6-9(19-2)12(21-4)10(7-8)20-3/h6-7,11H,5H2,1-4H3,(H2,15,16,17,18). The molecule has 21 heavy (non-hydrogen) atoms. The highest BCUT2D eigenvalue weighted by atomic mass is 16.5. The van der Waals surface area contributed by atoms with E-state index in [0.717, 1.165) is 0 Å². The summed E-state index contributed by atoms with van der Waals surface area (Å²) in [6.07, 6.45) is 0. The Morgan fingerprint density at radius 1 is 1.14 bits per heavy atom. The summed E-state index contributed by atoms with van der Waals surface area (Å²) >= 11 is 0. The van der Waals surface area contributed by atoms with Crippen LogP contribution < -0.4 is 24.8 Å². The second-order valence-electron chi connectivity index (χ2n) is 4.35. The molecule has 1 aliphatic heterocycles. The molecule has 0 spiro atoms. The topological polar surface area (TPSA) is 81.2 Å². The predicted molar refractivity (Wildman–Crippen MR) is 78.1 cm³/mol. The number of aliphatic imine (C=N–C) groups is 1. The van der Waals surface area contributed by atoms with E-state index in [1.807, 2.05) is 6.92 Å². The van der Waals surface area contributed by atoms with Crippen LogP contribution in [-0.4, -0.2) is 39.7 Å². The third-order valence-corrected chi connectivity index (χ3v) is 3.12. The SMILES string of the molecule is CCN=C1NC(=O)C(c2cc(OC)c(OC)c(OC)c2)N1. The molecule has 1 amide bonds. The fourth-order valence-corrected chi connectivity index (χ4v) is 2.17. The lowest BCUT2D eigenvalue weighted by molar-refractivity contribution is -0.120. The molecule has 1 aromatic rings. The van der Waals surface area contributed by atoms with Crippen molar-refractivity contribution >= 4 is 11.9 Å².